The second-order valence-electron chi connectivity index (χ2n) is 4.45. The Morgan fingerprint density at radius 3 is 2.67 bits per heavy atom. The van der Waals surface area contributed by atoms with Gasteiger partial charge in [-0.2, -0.15) is 0 Å². The number of hydrogen-bond acceptors (Lipinski definition) is 5. The van der Waals surface area contributed by atoms with Crippen molar-refractivity contribution in [3.63, 3.8) is 0 Å². The molecule has 6 nitrogen and oxygen atoms in total. The van der Waals surface area contributed by atoms with E-state index in [4.69, 9.17) is 4.74 Å². The Balaban J connectivity index is 2.93. The number of hydrogen-bond donors (Lipinski definition) is 1. The van der Waals surface area contributed by atoms with Crippen molar-refractivity contribution in [1.29, 1.82) is 0 Å². The molecule has 0 saturated carbocycles. The quantitative estimate of drug-likeness (QED) is 0.620. The van der Waals surface area contributed by atoms with Gasteiger partial charge in [-0.15, -0.1) is 0 Å². The number of nitrogens with zero attached hydrogens (tertiary/aromatic N) is 2. The first kappa shape index (κ1) is 14.2. The van der Waals surface area contributed by atoms with Gasteiger partial charge in [-0.3, -0.25) is 10.1 Å². The highest BCUT2D eigenvalue weighted by atomic mass is 16.6. The van der Waals surface area contributed by atoms with Gasteiger partial charge in [0.15, 0.2) is 0 Å². The molecule has 6 heteroatoms. The summed E-state index contributed by atoms with van der Waals surface area (Å²) in [6.07, 6.45) is 0. The van der Waals surface area contributed by atoms with Gasteiger partial charge in [-0.1, -0.05) is 0 Å². The average molecular weight is 253 g/mol. The Kier molecular flexibility index (Phi) is 4.91. The Bertz CT molecular complexity index is 421. The molecule has 0 heterocycles. The summed E-state index contributed by atoms with van der Waals surface area (Å²) in [5.74, 6) is 0.597. The van der Waals surface area contributed by atoms with Crippen LogP contribution in [0, 0.1) is 10.1 Å². The molecular formula is C12H19N3O3. The lowest BCUT2D eigenvalue weighted by Crippen LogP contribution is -2.29. The summed E-state index contributed by atoms with van der Waals surface area (Å²) in [4.78, 5) is 12.6. The van der Waals surface area contributed by atoms with Gasteiger partial charge < -0.3 is 15.0 Å². The van der Waals surface area contributed by atoms with Crippen LogP contribution in [0.4, 0.5) is 11.4 Å². The fourth-order valence-corrected chi connectivity index (χ4v) is 1.78. The molecule has 0 aliphatic carbocycles. The molecule has 1 aromatic rings. The molecule has 0 saturated heterocycles. The van der Waals surface area contributed by atoms with Crippen molar-refractivity contribution in [2.45, 2.75) is 13.0 Å². The fourth-order valence-electron chi connectivity index (χ4n) is 1.78. The van der Waals surface area contributed by atoms with Crippen LogP contribution >= 0.6 is 0 Å². The number of nitro groups is 1. The summed E-state index contributed by atoms with van der Waals surface area (Å²) >= 11 is 0. The molecule has 0 radical (unpaired) electrons. The van der Waals surface area contributed by atoms with Gasteiger partial charge in [0, 0.05) is 24.7 Å². The van der Waals surface area contributed by atoms with Gasteiger partial charge in [0.05, 0.1) is 12.0 Å². The fraction of sp³-hybridized carbons (Fsp3) is 0.500. The number of methoxy groups -OCH3 is 1. The molecule has 1 atom stereocenters. The molecule has 0 aliphatic heterocycles. The van der Waals surface area contributed by atoms with Crippen LogP contribution in [0.25, 0.3) is 0 Å². The van der Waals surface area contributed by atoms with Gasteiger partial charge in [0.1, 0.15) is 11.4 Å². The SMILES string of the molecule is COc1ccc([N+](=O)[O-])c(NC(C)CN(C)C)c1. The van der Waals surface area contributed by atoms with Crippen LogP contribution in [-0.4, -0.2) is 43.6 Å². The van der Waals surface area contributed by atoms with Crippen molar-refractivity contribution >= 4 is 11.4 Å². The van der Waals surface area contributed by atoms with Crippen LogP contribution in [0.5, 0.6) is 5.75 Å². The van der Waals surface area contributed by atoms with E-state index in [-0.39, 0.29) is 11.7 Å². The summed E-state index contributed by atoms with van der Waals surface area (Å²) in [5, 5.41) is 14.1. The highest BCUT2D eigenvalue weighted by Gasteiger charge is 2.16. The van der Waals surface area contributed by atoms with Crippen molar-refractivity contribution in [3.8, 4) is 5.75 Å². The van der Waals surface area contributed by atoms with E-state index in [0.717, 1.165) is 6.54 Å². The van der Waals surface area contributed by atoms with Gasteiger partial charge >= 0.3 is 0 Å². The van der Waals surface area contributed by atoms with Gasteiger partial charge in [-0.25, -0.2) is 0 Å². The van der Waals surface area contributed by atoms with Crippen LogP contribution in [-0.2, 0) is 0 Å². The maximum Gasteiger partial charge on any atom is 0.292 e. The summed E-state index contributed by atoms with van der Waals surface area (Å²) in [5.41, 5.74) is 0.537. The first-order valence-electron chi connectivity index (χ1n) is 5.67. The first-order valence-corrected chi connectivity index (χ1v) is 5.67. The van der Waals surface area contributed by atoms with Crippen LogP contribution < -0.4 is 10.1 Å². The first-order chi connectivity index (χ1) is 8.43. The molecule has 100 valence electrons. The number of ether oxygens (including phenoxy) is 1. The van der Waals surface area contributed by atoms with E-state index in [2.05, 4.69) is 5.32 Å². The van der Waals surface area contributed by atoms with Crippen molar-refractivity contribution < 1.29 is 9.66 Å². The average Bonchev–Trinajstić information content (AvgIpc) is 2.27. The van der Waals surface area contributed by atoms with Crippen molar-refractivity contribution in [3.05, 3.63) is 28.3 Å². The van der Waals surface area contributed by atoms with Crippen LogP contribution in [0.3, 0.4) is 0 Å². The highest BCUT2D eigenvalue weighted by molar-refractivity contribution is 5.64. The number of anilines is 1. The largest absolute Gasteiger partial charge is 0.497 e. The molecule has 0 bridgehead atoms. The van der Waals surface area contributed by atoms with E-state index in [1.165, 1.54) is 13.2 Å². The smallest absolute Gasteiger partial charge is 0.292 e. The predicted octanol–water partition coefficient (Wildman–Crippen LogP) is 1.97. The van der Waals surface area contributed by atoms with Gasteiger partial charge in [0.25, 0.3) is 5.69 Å². The molecule has 1 aromatic carbocycles. The molecule has 0 amide bonds. The Morgan fingerprint density at radius 2 is 2.17 bits per heavy atom. The van der Waals surface area contributed by atoms with E-state index < -0.39 is 4.92 Å². The summed E-state index contributed by atoms with van der Waals surface area (Å²) < 4.78 is 5.08. The lowest BCUT2D eigenvalue weighted by molar-refractivity contribution is -0.384. The molecule has 0 fully saturated rings. The lowest BCUT2D eigenvalue weighted by Gasteiger charge is -2.19. The maximum absolute atomic E-state index is 10.9. The maximum atomic E-state index is 10.9. The van der Waals surface area contributed by atoms with E-state index >= 15 is 0 Å². The number of nitrogens with one attached hydrogen (secondary N) is 1. The summed E-state index contributed by atoms with van der Waals surface area (Å²) in [7, 11) is 5.45. The molecule has 1 unspecified atom stereocenters. The molecule has 0 aliphatic rings. The number of nitro benzene ring substituents is 1. The standard InChI is InChI=1S/C12H19N3O3/c1-9(8-14(2)3)13-11-7-10(18-4)5-6-12(11)15(16)17/h5-7,9,13H,8H2,1-4H3. The van der Waals surface area contributed by atoms with Crippen molar-refractivity contribution in [2.24, 2.45) is 0 Å². The Morgan fingerprint density at radius 1 is 1.50 bits per heavy atom. The normalized spacial score (nSPS) is 12.3. The third-order valence-corrected chi connectivity index (χ3v) is 2.44. The van der Waals surface area contributed by atoms with E-state index in [9.17, 15) is 10.1 Å². The third kappa shape index (κ3) is 3.89. The topological polar surface area (TPSA) is 67.6 Å². The molecule has 1 N–H and O–H groups in total. The monoisotopic (exact) mass is 253 g/mol. The van der Waals surface area contributed by atoms with Crippen LogP contribution in [0.1, 0.15) is 6.92 Å². The zero-order valence-electron chi connectivity index (χ0n) is 11.1. The summed E-state index contributed by atoms with van der Waals surface area (Å²) in [6.45, 7) is 2.76. The lowest BCUT2D eigenvalue weighted by atomic mass is 10.2. The molecular weight excluding hydrogens is 234 g/mol. The number of rotatable bonds is 6. The highest BCUT2D eigenvalue weighted by Crippen LogP contribution is 2.29. The second kappa shape index (κ2) is 6.20. The van der Waals surface area contributed by atoms with Crippen LogP contribution in [0.2, 0.25) is 0 Å². The van der Waals surface area contributed by atoms with Crippen molar-refractivity contribution in [1.82, 2.24) is 4.90 Å². The third-order valence-electron chi connectivity index (χ3n) is 2.44. The molecule has 0 spiro atoms. The predicted molar refractivity (Wildman–Crippen MR) is 71.3 cm³/mol. The Hall–Kier alpha value is -1.82. The molecule has 1 rings (SSSR count). The van der Waals surface area contributed by atoms with Gasteiger partial charge in [-0.05, 0) is 27.1 Å². The zero-order chi connectivity index (χ0) is 13.7. The zero-order valence-corrected chi connectivity index (χ0v) is 11.1. The Labute approximate surface area is 107 Å². The minimum Gasteiger partial charge on any atom is -0.497 e. The second-order valence-corrected chi connectivity index (χ2v) is 4.45. The summed E-state index contributed by atoms with van der Waals surface area (Å²) in [6, 6.07) is 4.78. The van der Waals surface area contributed by atoms with Crippen molar-refractivity contribution in [2.75, 3.05) is 33.1 Å². The van der Waals surface area contributed by atoms with E-state index in [1.54, 1.807) is 12.1 Å². The van der Waals surface area contributed by atoms with E-state index in [0.29, 0.717) is 11.4 Å². The molecule has 18 heavy (non-hydrogen) atoms. The van der Waals surface area contributed by atoms with Crippen LogP contribution in [0.15, 0.2) is 18.2 Å². The molecule has 0 aromatic heterocycles. The minimum absolute atomic E-state index is 0.0569. The minimum atomic E-state index is -0.399. The van der Waals surface area contributed by atoms with E-state index in [1.807, 2.05) is 25.9 Å². The van der Waals surface area contributed by atoms with Gasteiger partial charge in [0.2, 0.25) is 0 Å². The number of likely N-dealkylation sites (N-methyl/N-ethyl adjacent to an activating group) is 1. The number of benzene rings is 1.